The monoisotopic (exact) mass is 186 g/mol. The molecule has 0 unspecified atom stereocenters. The second-order valence-electron chi connectivity index (χ2n) is 3.21. The van der Waals surface area contributed by atoms with Crippen molar-refractivity contribution in [2.75, 3.05) is 0 Å². The predicted octanol–water partition coefficient (Wildman–Crippen LogP) is 1.69. The summed E-state index contributed by atoms with van der Waals surface area (Å²) in [5.41, 5.74) is 0. The molecule has 0 heterocycles. The molecular formula is C9H18O2Si. The molecule has 0 radical (unpaired) electrons. The van der Waals surface area contributed by atoms with Crippen molar-refractivity contribution in [2.24, 2.45) is 0 Å². The predicted molar refractivity (Wildman–Crippen MR) is 53.2 cm³/mol. The first-order valence-electron chi connectivity index (χ1n) is 4.30. The SMILES string of the molecule is C#CC[SiH](OC(C)C)OC(C)C. The van der Waals surface area contributed by atoms with Gasteiger partial charge in [0.05, 0.1) is 0 Å². The van der Waals surface area contributed by atoms with E-state index in [0.717, 1.165) is 0 Å². The minimum absolute atomic E-state index is 0.216. The third-order valence-corrected chi connectivity index (χ3v) is 3.40. The minimum atomic E-state index is -1.59. The summed E-state index contributed by atoms with van der Waals surface area (Å²) in [5.74, 6) is 2.59. The maximum atomic E-state index is 5.58. The lowest BCUT2D eigenvalue weighted by molar-refractivity contribution is 0.132. The van der Waals surface area contributed by atoms with Crippen molar-refractivity contribution in [2.45, 2.75) is 45.9 Å². The molecule has 12 heavy (non-hydrogen) atoms. The van der Waals surface area contributed by atoms with Crippen molar-refractivity contribution >= 4 is 9.28 Å². The van der Waals surface area contributed by atoms with E-state index in [9.17, 15) is 0 Å². The summed E-state index contributed by atoms with van der Waals surface area (Å²) in [7, 11) is -1.59. The van der Waals surface area contributed by atoms with Gasteiger partial charge < -0.3 is 8.85 Å². The van der Waals surface area contributed by atoms with Gasteiger partial charge in [0.1, 0.15) is 0 Å². The number of hydrogen-bond donors (Lipinski definition) is 0. The summed E-state index contributed by atoms with van der Waals surface area (Å²) in [5, 5.41) is 0. The van der Waals surface area contributed by atoms with Gasteiger partial charge in [0.15, 0.2) is 0 Å². The number of rotatable bonds is 5. The van der Waals surface area contributed by atoms with Crippen LogP contribution in [-0.2, 0) is 8.85 Å². The Morgan fingerprint density at radius 3 is 1.83 bits per heavy atom. The summed E-state index contributed by atoms with van der Waals surface area (Å²) in [6.45, 7) is 8.00. The van der Waals surface area contributed by atoms with E-state index in [1.165, 1.54) is 0 Å². The van der Waals surface area contributed by atoms with Crippen molar-refractivity contribution < 1.29 is 8.85 Å². The average Bonchev–Trinajstić information content (AvgIpc) is 1.84. The smallest absolute Gasteiger partial charge is 0.334 e. The standard InChI is InChI=1S/C9H18O2Si/c1-6-7-12(10-8(2)3)11-9(4)5/h1,8-9,12H,7H2,2-5H3. The molecular weight excluding hydrogens is 168 g/mol. The van der Waals surface area contributed by atoms with Gasteiger partial charge in [-0.25, -0.2) is 0 Å². The molecule has 0 aromatic rings. The molecule has 0 rings (SSSR count). The van der Waals surface area contributed by atoms with Gasteiger partial charge in [-0.05, 0) is 27.7 Å². The molecule has 2 nitrogen and oxygen atoms in total. The van der Waals surface area contributed by atoms with Gasteiger partial charge in [-0.1, -0.05) is 0 Å². The van der Waals surface area contributed by atoms with E-state index < -0.39 is 9.28 Å². The zero-order valence-electron chi connectivity index (χ0n) is 8.33. The highest BCUT2D eigenvalue weighted by molar-refractivity contribution is 6.45. The molecule has 0 spiro atoms. The topological polar surface area (TPSA) is 18.5 Å². The zero-order chi connectivity index (χ0) is 9.56. The largest absolute Gasteiger partial charge is 0.393 e. The Bertz CT molecular complexity index is 139. The van der Waals surface area contributed by atoms with Crippen molar-refractivity contribution in [1.29, 1.82) is 0 Å². The molecule has 0 atom stereocenters. The number of terminal acetylenes is 1. The first-order chi connectivity index (χ1) is 5.56. The van der Waals surface area contributed by atoms with Crippen molar-refractivity contribution in [3.63, 3.8) is 0 Å². The summed E-state index contributed by atoms with van der Waals surface area (Å²) in [4.78, 5) is 0. The van der Waals surface area contributed by atoms with E-state index in [0.29, 0.717) is 6.04 Å². The second-order valence-corrected chi connectivity index (χ2v) is 5.02. The highest BCUT2D eigenvalue weighted by Gasteiger charge is 2.15. The molecule has 0 aromatic carbocycles. The van der Waals surface area contributed by atoms with Gasteiger partial charge in [-0.3, -0.25) is 0 Å². The van der Waals surface area contributed by atoms with Crippen LogP contribution in [0.5, 0.6) is 0 Å². The zero-order valence-corrected chi connectivity index (χ0v) is 9.49. The molecule has 0 bridgehead atoms. The van der Waals surface area contributed by atoms with Gasteiger partial charge in [0, 0.05) is 18.3 Å². The average molecular weight is 186 g/mol. The fourth-order valence-corrected chi connectivity index (χ4v) is 2.49. The van der Waals surface area contributed by atoms with Crippen LogP contribution in [0.2, 0.25) is 6.04 Å². The molecule has 0 aliphatic carbocycles. The Hall–Kier alpha value is -0.303. The molecule has 0 aliphatic rings. The van der Waals surface area contributed by atoms with Gasteiger partial charge in [-0.15, -0.1) is 12.3 Å². The van der Waals surface area contributed by atoms with Gasteiger partial charge in [0.25, 0.3) is 0 Å². The lowest BCUT2D eigenvalue weighted by Crippen LogP contribution is -2.28. The molecule has 0 aliphatic heterocycles. The fraction of sp³-hybridized carbons (Fsp3) is 0.778. The molecule has 0 fully saturated rings. The first kappa shape index (κ1) is 11.7. The maximum absolute atomic E-state index is 5.58. The van der Waals surface area contributed by atoms with Crippen LogP contribution in [0.1, 0.15) is 27.7 Å². The highest BCUT2D eigenvalue weighted by atomic mass is 28.3. The van der Waals surface area contributed by atoms with Crippen LogP contribution < -0.4 is 0 Å². The lowest BCUT2D eigenvalue weighted by atomic mass is 10.5. The van der Waals surface area contributed by atoms with Gasteiger partial charge >= 0.3 is 9.28 Å². The normalized spacial score (nSPS) is 11.2. The minimum Gasteiger partial charge on any atom is -0.393 e. The third kappa shape index (κ3) is 6.41. The Kier molecular flexibility index (Phi) is 6.08. The third-order valence-electron chi connectivity index (χ3n) is 1.13. The highest BCUT2D eigenvalue weighted by Crippen LogP contribution is 2.03. The Morgan fingerprint density at radius 1 is 1.17 bits per heavy atom. The van der Waals surface area contributed by atoms with E-state index in [1.54, 1.807) is 0 Å². The molecule has 0 saturated heterocycles. The second kappa shape index (κ2) is 6.24. The first-order valence-corrected chi connectivity index (χ1v) is 6.06. The van der Waals surface area contributed by atoms with E-state index in [1.807, 2.05) is 27.7 Å². The molecule has 70 valence electrons. The van der Waals surface area contributed by atoms with Crippen molar-refractivity contribution in [3.8, 4) is 12.3 Å². The fourth-order valence-electron chi connectivity index (χ4n) is 0.832. The molecule has 3 heteroatoms. The molecule has 0 aromatic heterocycles. The van der Waals surface area contributed by atoms with Crippen molar-refractivity contribution in [1.82, 2.24) is 0 Å². The Labute approximate surface area is 77.1 Å². The van der Waals surface area contributed by atoms with Gasteiger partial charge in [0.2, 0.25) is 0 Å². The van der Waals surface area contributed by atoms with Crippen LogP contribution >= 0.6 is 0 Å². The molecule has 0 saturated carbocycles. The Balaban J connectivity index is 3.79. The van der Waals surface area contributed by atoms with E-state index in [-0.39, 0.29) is 12.2 Å². The van der Waals surface area contributed by atoms with Crippen LogP contribution in [-0.4, -0.2) is 21.5 Å². The van der Waals surface area contributed by atoms with Crippen molar-refractivity contribution in [3.05, 3.63) is 0 Å². The number of hydrogen-bond acceptors (Lipinski definition) is 2. The van der Waals surface area contributed by atoms with Crippen LogP contribution in [0, 0.1) is 12.3 Å². The van der Waals surface area contributed by atoms with Crippen LogP contribution in [0.25, 0.3) is 0 Å². The quantitative estimate of drug-likeness (QED) is 0.480. The van der Waals surface area contributed by atoms with Crippen LogP contribution in [0.15, 0.2) is 0 Å². The molecule has 0 amide bonds. The summed E-state index contributed by atoms with van der Waals surface area (Å²) < 4.78 is 11.2. The summed E-state index contributed by atoms with van der Waals surface area (Å²) in [6, 6.07) is 0.649. The summed E-state index contributed by atoms with van der Waals surface area (Å²) in [6.07, 6.45) is 5.64. The van der Waals surface area contributed by atoms with Crippen LogP contribution in [0.3, 0.4) is 0 Å². The summed E-state index contributed by atoms with van der Waals surface area (Å²) >= 11 is 0. The molecule has 0 N–H and O–H groups in total. The van der Waals surface area contributed by atoms with Crippen LogP contribution in [0.4, 0.5) is 0 Å². The lowest BCUT2D eigenvalue weighted by Gasteiger charge is -2.19. The Morgan fingerprint density at radius 2 is 1.58 bits per heavy atom. The van der Waals surface area contributed by atoms with Gasteiger partial charge in [-0.2, -0.15) is 0 Å². The maximum Gasteiger partial charge on any atom is 0.334 e. The van der Waals surface area contributed by atoms with E-state index >= 15 is 0 Å². The van der Waals surface area contributed by atoms with E-state index in [2.05, 4.69) is 5.92 Å². The van der Waals surface area contributed by atoms with E-state index in [4.69, 9.17) is 15.3 Å².